The summed E-state index contributed by atoms with van der Waals surface area (Å²) in [5, 5.41) is 18.5. The van der Waals surface area contributed by atoms with E-state index in [0.29, 0.717) is 5.56 Å². The second kappa shape index (κ2) is 16.2. The Morgan fingerprint density at radius 2 is 0.828 bits per heavy atom. The number of aryl methyl sites for hydroxylation is 2. The summed E-state index contributed by atoms with van der Waals surface area (Å²) in [6.45, 7) is 4.51. The molecule has 9 aromatic rings. The first-order valence-corrected chi connectivity index (χ1v) is 21.1. The zero-order chi connectivity index (χ0) is 39.6. The van der Waals surface area contributed by atoms with Crippen LogP contribution < -0.4 is 4.90 Å². The monoisotopic (exact) mass is 755 g/mol. The Bertz CT molecular complexity index is 2740. The van der Waals surface area contributed by atoms with E-state index in [2.05, 4.69) is 152 Å². The van der Waals surface area contributed by atoms with Crippen molar-refractivity contribution in [3.05, 3.63) is 174 Å². The fraction of sp³-hybridized carbons (Fsp3) is 0.182. The van der Waals surface area contributed by atoms with Gasteiger partial charge in [0.1, 0.15) is 0 Å². The van der Waals surface area contributed by atoms with Crippen LogP contribution in [0.2, 0.25) is 0 Å². The molecule has 0 spiro atoms. The standard InChI is InChI=1S/C55H49NO2/c1-3-5-7-11-37-17-21-39(22-18-37)41-25-29-43(30-26-41)56(44-31-27-42(28-32-44)40-23-19-38(20-24-40)12-8-6-4-2)52-36-35-49-45-13-9-15-47-50(55(57)58)34-33-48(53(45)47)46-14-10-16-51(52)54(46)49/h9-10,13-36H,3-8,11-12H2,1-2H3,(H,57,58). The van der Waals surface area contributed by atoms with Crippen molar-refractivity contribution in [3.63, 3.8) is 0 Å². The Morgan fingerprint density at radius 1 is 0.431 bits per heavy atom. The minimum absolute atomic E-state index is 0.330. The lowest BCUT2D eigenvalue weighted by atomic mass is 9.87. The first kappa shape index (κ1) is 37.1. The fourth-order valence-electron chi connectivity index (χ4n) is 9.00. The molecule has 0 fully saturated rings. The summed E-state index contributed by atoms with van der Waals surface area (Å²) < 4.78 is 0. The van der Waals surface area contributed by atoms with E-state index in [0.717, 1.165) is 67.6 Å². The summed E-state index contributed by atoms with van der Waals surface area (Å²) in [4.78, 5) is 14.7. The molecule has 0 aliphatic heterocycles. The van der Waals surface area contributed by atoms with Gasteiger partial charge in [-0.25, -0.2) is 4.79 Å². The molecule has 0 amide bonds. The molecule has 1 N–H and O–H groups in total. The molecule has 0 saturated heterocycles. The molecule has 0 aromatic heterocycles. The summed E-state index contributed by atoms with van der Waals surface area (Å²) in [5.74, 6) is -0.908. The molecule has 0 radical (unpaired) electrons. The lowest BCUT2D eigenvalue weighted by Gasteiger charge is -2.28. The quantitative estimate of drug-likeness (QED) is 0.0682. The molecule has 0 aliphatic rings. The SMILES string of the molecule is CCCCCc1ccc(-c2ccc(N(c3ccc(-c4ccc(CCCCC)cc4)cc3)c3ccc4c5cccc6c(C(=O)O)ccc(c7cccc3c74)c65)cc2)cc1. The van der Waals surface area contributed by atoms with E-state index in [1.165, 1.54) is 77.3 Å². The number of nitrogens with zero attached hydrogens (tertiary/aromatic N) is 1. The second-order valence-corrected chi connectivity index (χ2v) is 15.8. The summed E-state index contributed by atoms with van der Waals surface area (Å²) in [6.07, 6.45) is 9.73. The molecule has 0 heterocycles. The van der Waals surface area contributed by atoms with Crippen LogP contribution in [0.25, 0.3) is 65.3 Å². The smallest absolute Gasteiger partial charge is 0.336 e. The zero-order valence-electron chi connectivity index (χ0n) is 33.5. The molecule has 58 heavy (non-hydrogen) atoms. The topological polar surface area (TPSA) is 40.5 Å². The third kappa shape index (κ3) is 6.96. The normalized spacial score (nSPS) is 11.6. The van der Waals surface area contributed by atoms with E-state index in [1.54, 1.807) is 6.07 Å². The van der Waals surface area contributed by atoms with Gasteiger partial charge in [-0.05, 0) is 133 Å². The molecule has 9 rings (SSSR count). The summed E-state index contributed by atoms with van der Waals surface area (Å²) >= 11 is 0. The van der Waals surface area contributed by atoms with E-state index < -0.39 is 5.97 Å². The molecule has 0 aliphatic carbocycles. The first-order chi connectivity index (χ1) is 28.5. The lowest BCUT2D eigenvalue weighted by molar-refractivity contribution is 0.0699. The fourth-order valence-corrected chi connectivity index (χ4v) is 9.00. The lowest BCUT2D eigenvalue weighted by Crippen LogP contribution is -2.10. The number of fused-ring (bicyclic) bond motifs is 2. The van der Waals surface area contributed by atoms with E-state index >= 15 is 0 Å². The van der Waals surface area contributed by atoms with Crippen LogP contribution in [-0.4, -0.2) is 11.1 Å². The highest BCUT2D eigenvalue weighted by Crippen LogP contribution is 2.47. The van der Waals surface area contributed by atoms with Crippen LogP contribution in [0.15, 0.2) is 158 Å². The summed E-state index contributed by atoms with van der Waals surface area (Å²) in [6, 6.07) is 56.9. The summed E-state index contributed by atoms with van der Waals surface area (Å²) in [7, 11) is 0. The van der Waals surface area contributed by atoms with Crippen molar-refractivity contribution in [1.29, 1.82) is 0 Å². The zero-order valence-corrected chi connectivity index (χ0v) is 33.5. The van der Waals surface area contributed by atoms with Gasteiger partial charge in [-0.2, -0.15) is 0 Å². The number of rotatable bonds is 14. The average molecular weight is 756 g/mol. The van der Waals surface area contributed by atoms with E-state index in [-0.39, 0.29) is 0 Å². The van der Waals surface area contributed by atoms with Crippen LogP contribution in [0.3, 0.4) is 0 Å². The predicted molar refractivity (Wildman–Crippen MR) is 247 cm³/mol. The van der Waals surface area contributed by atoms with Gasteiger partial charge in [0.2, 0.25) is 0 Å². The van der Waals surface area contributed by atoms with Gasteiger partial charge < -0.3 is 10.0 Å². The molecule has 9 aromatic carbocycles. The third-order valence-corrected chi connectivity index (χ3v) is 12.1. The number of carboxylic acid groups (broad SMARTS) is 1. The Labute approximate surface area is 341 Å². The van der Waals surface area contributed by atoms with Crippen molar-refractivity contribution in [2.45, 2.75) is 65.2 Å². The van der Waals surface area contributed by atoms with E-state index in [9.17, 15) is 9.90 Å². The van der Waals surface area contributed by atoms with Gasteiger partial charge in [0.15, 0.2) is 0 Å². The molecule has 286 valence electrons. The highest BCUT2D eigenvalue weighted by molar-refractivity contribution is 6.35. The van der Waals surface area contributed by atoms with Crippen molar-refractivity contribution in [3.8, 4) is 22.3 Å². The van der Waals surface area contributed by atoms with Crippen LogP contribution in [0.1, 0.15) is 73.9 Å². The first-order valence-electron chi connectivity index (χ1n) is 21.1. The van der Waals surface area contributed by atoms with Crippen molar-refractivity contribution in [1.82, 2.24) is 0 Å². The van der Waals surface area contributed by atoms with Gasteiger partial charge in [-0.3, -0.25) is 0 Å². The minimum Gasteiger partial charge on any atom is -0.478 e. The van der Waals surface area contributed by atoms with Crippen LogP contribution in [0.4, 0.5) is 17.1 Å². The van der Waals surface area contributed by atoms with Crippen LogP contribution in [0.5, 0.6) is 0 Å². The van der Waals surface area contributed by atoms with Crippen molar-refractivity contribution >= 4 is 66.1 Å². The number of hydrogen-bond acceptors (Lipinski definition) is 2. The van der Waals surface area contributed by atoms with Gasteiger partial charge >= 0.3 is 5.97 Å². The van der Waals surface area contributed by atoms with Gasteiger partial charge in [0, 0.05) is 16.8 Å². The number of anilines is 3. The van der Waals surface area contributed by atoms with Crippen LogP contribution in [-0.2, 0) is 12.8 Å². The Morgan fingerprint density at radius 3 is 1.29 bits per heavy atom. The Balaban J connectivity index is 1.15. The highest BCUT2D eigenvalue weighted by atomic mass is 16.4. The van der Waals surface area contributed by atoms with Crippen molar-refractivity contribution < 1.29 is 9.90 Å². The largest absolute Gasteiger partial charge is 0.478 e. The molecule has 3 nitrogen and oxygen atoms in total. The summed E-state index contributed by atoms with van der Waals surface area (Å²) in [5.41, 5.74) is 11.2. The molecule has 0 saturated carbocycles. The minimum atomic E-state index is -0.908. The van der Waals surface area contributed by atoms with Crippen LogP contribution >= 0.6 is 0 Å². The van der Waals surface area contributed by atoms with Gasteiger partial charge in [0.25, 0.3) is 0 Å². The van der Waals surface area contributed by atoms with Gasteiger partial charge in [0.05, 0.1) is 11.3 Å². The van der Waals surface area contributed by atoms with Gasteiger partial charge in [-0.15, -0.1) is 0 Å². The third-order valence-electron chi connectivity index (χ3n) is 12.1. The molecular weight excluding hydrogens is 707 g/mol. The number of unbranched alkanes of at least 4 members (excludes halogenated alkanes) is 4. The molecule has 0 unspecified atom stereocenters. The number of hydrogen-bond donors (Lipinski definition) is 1. The molecule has 3 heteroatoms. The highest BCUT2D eigenvalue weighted by Gasteiger charge is 2.21. The molecule has 0 atom stereocenters. The maximum absolute atomic E-state index is 12.3. The van der Waals surface area contributed by atoms with Gasteiger partial charge in [-0.1, -0.05) is 161 Å². The average Bonchev–Trinajstić information content (AvgIpc) is 3.27. The van der Waals surface area contributed by atoms with Crippen LogP contribution in [0, 0.1) is 0 Å². The Hall–Kier alpha value is -6.45. The maximum Gasteiger partial charge on any atom is 0.336 e. The molecular formula is C55H49NO2. The van der Waals surface area contributed by atoms with E-state index in [4.69, 9.17) is 0 Å². The molecule has 0 bridgehead atoms. The van der Waals surface area contributed by atoms with Crippen molar-refractivity contribution in [2.75, 3.05) is 4.90 Å². The van der Waals surface area contributed by atoms with E-state index in [1.807, 2.05) is 18.2 Å². The second-order valence-electron chi connectivity index (χ2n) is 15.8. The predicted octanol–water partition coefficient (Wildman–Crippen LogP) is 15.7. The number of aromatic carboxylic acids is 1. The van der Waals surface area contributed by atoms with Crippen molar-refractivity contribution in [2.24, 2.45) is 0 Å². The maximum atomic E-state index is 12.3. The Kier molecular flexibility index (Phi) is 10.4. The number of carboxylic acids is 1. The number of carbonyl (C=O) groups is 1. The number of benzene rings is 9.